The molecule has 0 bridgehead atoms. The zero-order valence-electron chi connectivity index (χ0n) is 6.99. The molecule has 0 radical (unpaired) electrons. The zero-order valence-corrected chi connectivity index (χ0v) is 9.15. The Kier molecular flexibility index (Phi) is 2.30. The summed E-state index contributed by atoms with van der Waals surface area (Å²) in [5, 5.41) is 3.83. The van der Waals surface area contributed by atoms with Gasteiger partial charge in [-0.3, -0.25) is 0 Å². The maximum atomic E-state index is 4.89. The van der Waals surface area contributed by atoms with Crippen molar-refractivity contribution in [3.05, 3.63) is 33.7 Å². The second-order valence-electron chi connectivity index (χ2n) is 2.64. The van der Waals surface area contributed by atoms with Crippen LogP contribution in [0.4, 0.5) is 0 Å². The van der Waals surface area contributed by atoms with Crippen LogP contribution < -0.4 is 0 Å². The van der Waals surface area contributed by atoms with E-state index in [1.165, 1.54) is 3.57 Å². The fourth-order valence-corrected chi connectivity index (χ4v) is 1.38. The van der Waals surface area contributed by atoms with Crippen molar-refractivity contribution < 1.29 is 4.52 Å². The number of hydrogen-bond acceptors (Lipinski definition) is 3. The van der Waals surface area contributed by atoms with E-state index >= 15 is 0 Å². The van der Waals surface area contributed by atoms with Crippen LogP contribution in [0.25, 0.3) is 11.4 Å². The van der Waals surface area contributed by atoms with Gasteiger partial charge < -0.3 is 4.52 Å². The van der Waals surface area contributed by atoms with E-state index in [0.29, 0.717) is 11.7 Å². The quantitative estimate of drug-likeness (QED) is 0.756. The van der Waals surface area contributed by atoms with Crippen LogP contribution in [0.3, 0.4) is 0 Å². The predicted octanol–water partition coefficient (Wildman–Crippen LogP) is 2.65. The molecule has 3 nitrogen and oxygen atoms in total. The summed E-state index contributed by atoms with van der Waals surface area (Å²) >= 11 is 2.26. The predicted molar refractivity (Wildman–Crippen MR) is 57.2 cm³/mol. The van der Waals surface area contributed by atoms with Gasteiger partial charge in [0, 0.05) is 16.1 Å². The lowest BCUT2D eigenvalue weighted by Gasteiger charge is -1.92. The molecule has 66 valence electrons. The average Bonchev–Trinajstić information content (AvgIpc) is 2.53. The van der Waals surface area contributed by atoms with Crippen LogP contribution in [-0.2, 0) is 0 Å². The van der Waals surface area contributed by atoms with Gasteiger partial charge in [-0.1, -0.05) is 17.3 Å². The Labute approximate surface area is 89.3 Å². The standard InChI is InChI=1S/C9H7IN2O/c1-6-11-9(12-13-6)7-2-4-8(10)5-3-7/h2-5H,1H3. The molecule has 0 amide bonds. The minimum Gasteiger partial charge on any atom is -0.339 e. The van der Waals surface area contributed by atoms with E-state index in [1.54, 1.807) is 6.92 Å². The topological polar surface area (TPSA) is 38.9 Å². The third kappa shape index (κ3) is 1.88. The molecule has 2 rings (SSSR count). The van der Waals surface area contributed by atoms with Gasteiger partial charge in [-0.2, -0.15) is 4.98 Å². The van der Waals surface area contributed by atoms with Crippen LogP contribution in [0, 0.1) is 10.5 Å². The van der Waals surface area contributed by atoms with E-state index in [4.69, 9.17) is 4.52 Å². The normalized spacial score (nSPS) is 10.3. The minimum atomic E-state index is 0.591. The maximum Gasteiger partial charge on any atom is 0.223 e. The molecule has 4 heteroatoms. The van der Waals surface area contributed by atoms with Crippen LogP contribution in [0.5, 0.6) is 0 Å². The van der Waals surface area contributed by atoms with E-state index in [2.05, 4.69) is 32.7 Å². The summed E-state index contributed by atoms with van der Waals surface area (Å²) in [5.41, 5.74) is 0.984. The van der Waals surface area contributed by atoms with Crippen molar-refractivity contribution in [1.82, 2.24) is 10.1 Å². The van der Waals surface area contributed by atoms with Crippen LogP contribution >= 0.6 is 22.6 Å². The average molecular weight is 286 g/mol. The van der Waals surface area contributed by atoms with Gasteiger partial charge in [-0.15, -0.1) is 0 Å². The Hall–Kier alpha value is -0.910. The Bertz CT molecular complexity index is 408. The summed E-state index contributed by atoms with van der Waals surface area (Å²) in [7, 11) is 0. The molecule has 0 atom stereocenters. The molecule has 0 spiro atoms. The zero-order chi connectivity index (χ0) is 9.26. The van der Waals surface area contributed by atoms with Gasteiger partial charge in [-0.05, 0) is 34.7 Å². The second-order valence-corrected chi connectivity index (χ2v) is 3.89. The van der Waals surface area contributed by atoms with Gasteiger partial charge >= 0.3 is 0 Å². The molecule has 1 heterocycles. The van der Waals surface area contributed by atoms with Crippen molar-refractivity contribution in [1.29, 1.82) is 0 Å². The second kappa shape index (κ2) is 3.45. The largest absolute Gasteiger partial charge is 0.339 e. The van der Waals surface area contributed by atoms with Crippen LogP contribution in [0.15, 0.2) is 28.8 Å². The lowest BCUT2D eigenvalue weighted by molar-refractivity contribution is 0.394. The Morgan fingerprint density at radius 1 is 1.23 bits per heavy atom. The molecule has 0 aliphatic carbocycles. The number of nitrogens with zero attached hydrogens (tertiary/aromatic N) is 2. The molecular weight excluding hydrogens is 279 g/mol. The molecular formula is C9H7IN2O. The van der Waals surface area contributed by atoms with Crippen LogP contribution in [-0.4, -0.2) is 10.1 Å². The first kappa shape index (κ1) is 8.68. The van der Waals surface area contributed by atoms with Gasteiger partial charge in [-0.25, -0.2) is 0 Å². The van der Waals surface area contributed by atoms with Crippen molar-refractivity contribution in [2.75, 3.05) is 0 Å². The molecule has 0 fully saturated rings. The lowest BCUT2D eigenvalue weighted by Crippen LogP contribution is -1.80. The number of hydrogen-bond donors (Lipinski definition) is 0. The van der Waals surface area contributed by atoms with E-state index in [1.807, 2.05) is 24.3 Å². The fraction of sp³-hybridized carbons (Fsp3) is 0.111. The highest BCUT2D eigenvalue weighted by atomic mass is 127. The Morgan fingerprint density at radius 3 is 2.46 bits per heavy atom. The van der Waals surface area contributed by atoms with Gasteiger partial charge in [0.15, 0.2) is 0 Å². The van der Waals surface area contributed by atoms with Crippen LogP contribution in [0.2, 0.25) is 0 Å². The number of benzene rings is 1. The Morgan fingerprint density at radius 2 is 1.92 bits per heavy atom. The Balaban J connectivity index is 2.41. The third-order valence-corrected chi connectivity index (χ3v) is 2.35. The van der Waals surface area contributed by atoms with E-state index in [9.17, 15) is 0 Å². The molecule has 0 N–H and O–H groups in total. The molecule has 1 aromatic heterocycles. The molecule has 0 unspecified atom stereocenters. The number of halogens is 1. The SMILES string of the molecule is Cc1nc(-c2ccc(I)cc2)no1. The van der Waals surface area contributed by atoms with Crippen LogP contribution in [0.1, 0.15) is 5.89 Å². The lowest BCUT2D eigenvalue weighted by atomic mass is 10.2. The summed E-state index contributed by atoms with van der Waals surface area (Å²) in [6.45, 7) is 1.78. The van der Waals surface area contributed by atoms with E-state index in [0.717, 1.165) is 5.56 Å². The van der Waals surface area contributed by atoms with Crippen molar-refractivity contribution in [2.45, 2.75) is 6.92 Å². The highest BCUT2D eigenvalue weighted by Gasteiger charge is 2.03. The summed E-state index contributed by atoms with van der Waals surface area (Å²) < 4.78 is 6.08. The van der Waals surface area contributed by atoms with Gasteiger partial charge in [0.1, 0.15) is 0 Å². The first-order valence-electron chi connectivity index (χ1n) is 3.82. The van der Waals surface area contributed by atoms with Crippen molar-refractivity contribution in [3.63, 3.8) is 0 Å². The smallest absolute Gasteiger partial charge is 0.223 e. The fourth-order valence-electron chi connectivity index (χ4n) is 1.02. The number of rotatable bonds is 1. The van der Waals surface area contributed by atoms with Crippen molar-refractivity contribution in [3.8, 4) is 11.4 Å². The summed E-state index contributed by atoms with van der Waals surface area (Å²) in [6, 6.07) is 7.99. The number of aryl methyl sites for hydroxylation is 1. The maximum absolute atomic E-state index is 4.89. The summed E-state index contributed by atoms with van der Waals surface area (Å²) in [6.07, 6.45) is 0. The molecule has 0 saturated heterocycles. The van der Waals surface area contributed by atoms with Gasteiger partial charge in [0.25, 0.3) is 0 Å². The first-order valence-corrected chi connectivity index (χ1v) is 4.90. The summed E-state index contributed by atoms with van der Waals surface area (Å²) in [5.74, 6) is 1.24. The third-order valence-electron chi connectivity index (χ3n) is 1.63. The molecule has 1 aromatic carbocycles. The summed E-state index contributed by atoms with van der Waals surface area (Å²) in [4.78, 5) is 4.13. The number of aromatic nitrogens is 2. The highest BCUT2D eigenvalue weighted by Crippen LogP contribution is 2.16. The first-order chi connectivity index (χ1) is 6.25. The van der Waals surface area contributed by atoms with Crippen molar-refractivity contribution >= 4 is 22.6 Å². The molecule has 0 saturated carbocycles. The minimum absolute atomic E-state index is 0.591. The molecule has 0 aliphatic heterocycles. The molecule has 13 heavy (non-hydrogen) atoms. The molecule has 0 aliphatic rings. The van der Waals surface area contributed by atoms with Crippen molar-refractivity contribution in [2.24, 2.45) is 0 Å². The monoisotopic (exact) mass is 286 g/mol. The molecule has 2 aromatic rings. The van der Waals surface area contributed by atoms with Gasteiger partial charge in [0.2, 0.25) is 11.7 Å². The van der Waals surface area contributed by atoms with Gasteiger partial charge in [0.05, 0.1) is 0 Å². The van der Waals surface area contributed by atoms with E-state index < -0.39 is 0 Å². The van der Waals surface area contributed by atoms with E-state index in [-0.39, 0.29) is 0 Å². The highest BCUT2D eigenvalue weighted by molar-refractivity contribution is 14.1.